The van der Waals surface area contributed by atoms with Crippen LogP contribution in [-0.2, 0) is 11.3 Å². The van der Waals surface area contributed by atoms with E-state index >= 15 is 0 Å². The van der Waals surface area contributed by atoms with Gasteiger partial charge in [0.25, 0.3) is 0 Å². The summed E-state index contributed by atoms with van der Waals surface area (Å²) in [6, 6.07) is 5.01. The van der Waals surface area contributed by atoms with Gasteiger partial charge in [-0.05, 0) is 67.2 Å². The van der Waals surface area contributed by atoms with Crippen molar-refractivity contribution in [3.63, 3.8) is 0 Å². The van der Waals surface area contributed by atoms with Crippen LogP contribution in [0.25, 0.3) is 0 Å². The maximum Gasteiger partial charge on any atom is 0.410 e. The first-order chi connectivity index (χ1) is 11.7. The maximum absolute atomic E-state index is 12.6. The fourth-order valence-electron chi connectivity index (χ4n) is 2.91. The van der Waals surface area contributed by atoms with Crippen molar-refractivity contribution in [3.8, 4) is 5.75 Å². The van der Waals surface area contributed by atoms with Gasteiger partial charge in [0, 0.05) is 12.6 Å². The third-order valence-electron chi connectivity index (χ3n) is 3.96. The largest absolute Gasteiger partial charge is 0.444 e. The summed E-state index contributed by atoms with van der Waals surface area (Å²) in [5.74, 6) is 0.0726. The Morgan fingerprint density at radius 2 is 1.96 bits per heavy atom. The highest BCUT2D eigenvalue weighted by Crippen LogP contribution is 2.30. The summed E-state index contributed by atoms with van der Waals surface area (Å²) in [4.78, 5) is 14.4. The van der Waals surface area contributed by atoms with E-state index in [1.54, 1.807) is 17.0 Å². The van der Waals surface area contributed by atoms with Crippen molar-refractivity contribution in [1.82, 2.24) is 4.90 Å². The van der Waals surface area contributed by atoms with E-state index in [4.69, 9.17) is 4.74 Å². The standard InChI is InChI=1S/C18H24BrF2NO3/c1-18(2,3)25-17(23)22(13-6-4-5-7-13)11-12-8-9-15(14(19)10-12)24-16(20)21/h8-10,13,16H,4-7,11H2,1-3H3. The van der Waals surface area contributed by atoms with Crippen LogP contribution in [0.1, 0.15) is 52.0 Å². The second-order valence-electron chi connectivity index (χ2n) is 7.19. The van der Waals surface area contributed by atoms with Gasteiger partial charge in [-0.25, -0.2) is 4.79 Å². The number of amides is 1. The Hall–Kier alpha value is -1.37. The zero-order valence-electron chi connectivity index (χ0n) is 14.7. The topological polar surface area (TPSA) is 38.8 Å². The number of carbonyl (C=O) groups is 1. The summed E-state index contributed by atoms with van der Waals surface area (Å²) < 4.78 is 35.1. The number of ether oxygens (including phenoxy) is 2. The molecule has 0 heterocycles. The summed E-state index contributed by atoms with van der Waals surface area (Å²) in [6.07, 6.45) is 3.74. The van der Waals surface area contributed by atoms with Crippen LogP contribution in [0.15, 0.2) is 22.7 Å². The Morgan fingerprint density at radius 3 is 2.48 bits per heavy atom. The van der Waals surface area contributed by atoms with E-state index < -0.39 is 12.2 Å². The molecule has 1 aliphatic rings. The molecule has 0 bridgehead atoms. The summed E-state index contributed by atoms with van der Waals surface area (Å²) in [7, 11) is 0. The fraction of sp³-hybridized carbons (Fsp3) is 0.611. The summed E-state index contributed by atoms with van der Waals surface area (Å²) in [5, 5.41) is 0. The molecular weight excluding hydrogens is 396 g/mol. The molecule has 25 heavy (non-hydrogen) atoms. The van der Waals surface area contributed by atoms with E-state index in [0.717, 1.165) is 31.2 Å². The lowest BCUT2D eigenvalue weighted by Gasteiger charge is -2.31. The number of hydrogen-bond donors (Lipinski definition) is 0. The van der Waals surface area contributed by atoms with Crippen LogP contribution in [0.4, 0.5) is 13.6 Å². The highest BCUT2D eigenvalue weighted by Gasteiger charge is 2.30. The lowest BCUT2D eigenvalue weighted by molar-refractivity contribution is -0.0503. The molecule has 0 unspecified atom stereocenters. The van der Waals surface area contributed by atoms with Gasteiger partial charge in [0.05, 0.1) is 4.47 Å². The smallest absolute Gasteiger partial charge is 0.410 e. The normalized spacial score (nSPS) is 15.5. The first-order valence-electron chi connectivity index (χ1n) is 8.38. The van der Waals surface area contributed by atoms with Crippen LogP contribution in [-0.4, -0.2) is 29.2 Å². The van der Waals surface area contributed by atoms with Gasteiger partial charge < -0.3 is 14.4 Å². The molecule has 2 rings (SSSR count). The average Bonchev–Trinajstić information content (AvgIpc) is 2.99. The van der Waals surface area contributed by atoms with Crippen LogP contribution in [0.2, 0.25) is 0 Å². The van der Waals surface area contributed by atoms with E-state index in [9.17, 15) is 13.6 Å². The van der Waals surface area contributed by atoms with Crippen molar-refractivity contribution in [2.75, 3.05) is 0 Å². The maximum atomic E-state index is 12.6. The monoisotopic (exact) mass is 419 g/mol. The van der Waals surface area contributed by atoms with E-state index in [0.29, 0.717) is 11.0 Å². The Labute approximate surface area is 155 Å². The van der Waals surface area contributed by atoms with Gasteiger partial charge >= 0.3 is 12.7 Å². The number of carbonyl (C=O) groups excluding carboxylic acids is 1. The van der Waals surface area contributed by atoms with Gasteiger partial charge in [-0.2, -0.15) is 8.78 Å². The molecule has 1 saturated carbocycles. The molecule has 4 nitrogen and oxygen atoms in total. The van der Waals surface area contributed by atoms with Gasteiger partial charge in [0.2, 0.25) is 0 Å². The first-order valence-corrected chi connectivity index (χ1v) is 9.18. The molecule has 1 fully saturated rings. The molecule has 0 N–H and O–H groups in total. The zero-order valence-corrected chi connectivity index (χ0v) is 16.3. The fourth-order valence-corrected chi connectivity index (χ4v) is 3.43. The Kier molecular flexibility index (Phi) is 6.65. The molecule has 0 spiro atoms. The summed E-state index contributed by atoms with van der Waals surface area (Å²) in [5.41, 5.74) is 0.259. The Bertz CT molecular complexity index is 598. The third-order valence-corrected chi connectivity index (χ3v) is 4.58. The molecule has 0 saturated heterocycles. The minimum absolute atomic E-state index is 0.0726. The van der Waals surface area contributed by atoms with Gasteiger partial charge in [-0.1, -0.05) is 18.9 Å². The lowest BCUT2D eigenvalue weighted by Crippen LogP contribution is -2.41. The van der Waals surface area contributed by atoms with Gasteiger partial charge in [0.15, 0.2) is 0 Å². The Balaban J connectivity index is 2.15. The quantitative estimate of drug-likeness (QED) is 0.611. The van der Waals surface area contributed by atoms with Crippen molar-refractivity contribution in [2.45, 2.75) is 71.3 Å². The predicted molar refractivity (Wildman–Crippen MR) is 94.8 cm³/mol. The minimum Gasteiger partial charge on any atom is -0.444 e. The number of rotatable bonds is 5. The highest BCUT2D eigenvalue weighted by atomic mass is 79.9. The molecule has 0 aromatic heterocycles. The van der Waals surface area contributed by atoms with Gasteiger partial charge in [-0.15, -0.1) is 0 Å². The van der Waals surface area contributed by atoms with E-state index in [1.807, 2.05) is 20.8 Å². The molecule has 140 valence electrons. The zero-order chi connectivity index (χ0) is 18.6. The molecule has 0 atom stereocenters. The number of benzene rings is 1. The SMILES string of the molecule is CC(C)(C)OC(=O)N(Cc1ccc(OC(F)F)c(Br)c1)C1CCCC1. The first kappa shape index (κ1) is 19.9. The molecule has 0 radical (unpaired) electrons. The summed E-state index contributed by atoms with van der Waals surface area (Å²) in [6.45, 7) is 3.01. The summed E-state index contributed by atoms with van der Waals surface area (Å²) >= 11 is 3.24. The van der Waals surface area contributed by atoms with Crippen molar-refractivity contribution >= 4 is 22.0 Å². The number of hydrogen-bond acceptors (Lipinski definition) is 3. The van der Waals surface area contributed by atoms with Crippen LogP contribution >= 0.6 is 15.9 Å². The lowest BCUT2D eigenvalue weighted by atomic mass is 10.1. The molecular formula is C18H24BrF2NO3. The third kappa shape index (κ3) is 6.13. The molecule has 1 aromatic carbocycles. The number of nitrogens with zero attached hydrogens (tertiary/aromatic N) is 1. The number of halogens is 3. The average molecular weight is 420 g/mol. The minimum atomic E-state index is -2.88. The van der Waals surface area contributed by atoms with Crippen molar-refractivity contribution in [2.24, 2.45) is 0 Å². The van der Waals surface area contributed by atoms with Crippen LogP contribution in [0.3, 0.4) is 0 Å². The van der Waals surface area contributed by atoms with E-state index in [2.05, 4.69) is 20.7 Å². The van der Waals surface area contributed by atoms with Crippen LogP contribution < -0.4 is 4.74 Å². The van der Waals surface area contributed by atoms with Crippen molar-refractivity contribution < 1.29 is 23.0 Å². The second-order valence-corrected chi connectivity index (χ2v) is 8.04. The van der Waals surface area contributed by atoms with Gasteiger partial charge in [-0.3, -0.25) is 0 Å². The second kappa shape index (κ2) is 8.34. The van der Waals surface area contributed by atoms with Crippen LogP contribution in [0.5, 0.6) is 5.75 Å². The highest BCUT2D eigenvalue weighted by molar-refractivity contribution is 9.10. The van der Waals surface area contributed by atoms with Gasteiger partial charge in [0.1, 0.15) is 11.4 Å². The van der Waals surface area contributed by atoms with Crippen molar-refractivity contribution in [3.05, 3.63) is 28.2 Å². The molecule has 0 aliphatic heterocycles. The van der Waals surface area contributed by atoms with Crippen LogP contribution in [0, 0.1) is 0 Å². The Morgan fingerprint density at radius 1 is 1.32 bits per heavy atom. The number of alkyl halides is 2. The van der Waals surface area contributed by atoms with E-state index in [1.165, 1.54) is 6.07 Å². The van der Waals surface area contributed by atoms with Crippen molar-refractivity contribution in [1.29, 1.82) is 0 Å². The predicted octanol–water partition coefficient (Wildman–Crippen LogP) is 5.73. The van der Waals surface area contributed by atoms with E-state index in [-0.39, 0.29) is 17.9 Å². The molecule has 7 heteroatoms. The molecule has 1 aliphatic carbocycles. The molecule has 1 amide bonds. The molecule has 1 aromatic rings.